The molecule has 2 atom stereocenters. The summed E-state index contributed by atoms with van der Waals surface area (Å²) in [6.45, 7) is 3.95. The van der Waals surface area contributed by atoms with Crippen LogP contribution in [0.2, 0.25) is 0 Å². The molecule has 0 unspecified atom stereocenters. The smallest absolute Gasteiger partial charge is 0.328 e. The van der Waals surface area contributed by atoms with Crippen LogP contribution in [0.15, 0.2) is 47.5 Å². The predicted octanol–water partition coefficient (Wildman–Crippen LogP) is 1.24. The van der Waals surface area contributed by atoms with Crippen molar-refractivity contribution in [1.29, 1.82) is 0 Å². The van der Waals surface area contributed by atoms with E-state index < -0.39 is 24.0 Å². The monoisotopic (exact) mass is 375 g/mol. The molecule has 1 aromatic carbocycles. The first-order valence-corrected chi connectivity index (χ1v) is 8.79. The van der Waals surface area contributed by atoms with Gasteiger partial charge in [-0.1, -0.05) is 44.2 Å². The molecule has 0 bridgehead atoms. The number of hydrogen-bond acceptors (Lipinski definition) is 4. The minimum Gasteiger partial charge on any atom is -0.480 e. The Hall–Kier alpha value is -2.87. The van der Waals surface area contributed by atoms with Gasteiger partial charge in [-0.2, -0.15) is 0 Å². The lowest BCUT2D eigenvalue weighted by Crippen LogP contribution is -2.50. The van der Waals surface area contributed by atoms with E-state index in [-0.39, 0.29) is 18.2 Å². The van der Waals surface area contributed by atoms with Crippen LogP contribution in [-0.2, 0) is 22.7 Å². The van der Waals surface area contributed by atoms with Crippen LogP contribution >= 0.6 is 0 Å². The minimum atomic E-state index is -1.20. The molecule has 2 aromatic rings. The van der Waals surface area contributed by atoms with Gasteiger partial charge < -0.3 is 10.2 Å². The fraction of sp³-hybridized carbons (Fsp3) is 0.421. The van der Waals surface area contributed by atoms with Crippen molar-refractivity contribution in [1.82, 2.24) is 14.5 Å². The van der Waals surface area contributed by atoms with Crippen molar-refractivity contribution >= 4 is 11.9 Å². The van der Waals surface area contributed by atoms with Gasteiger partial charge in [0.25, 0.3) is 0 Å². The molecule has 0 spiro atoms. The molecule has 8 nitrogen and oxygen atoms in total. The largest absolute Gasteiger partial charge is 0.480 e. The van der Waals surface area contributed by atoms with Crippen molar-refractivity contribution in [2.45, 2.75) is 45.4 Å². The number of carbonyl (C=O) groups is 2. The zero-order chi connectivity index (χ0) is 20.0. The molecule has 0 radical (unpaired) electrons. The van der Waals surface area contributed by atoms with Crippen molar-refractivity contribution in [3.05, 3.63) is 58.8 Å². The lowest BCUT2D eigenvalue weighted by Gasteiger charge is -2.21. The van der Waals surface area contributed by atoms with E-state index in [0.29, 0.717) is 13.0 Å². The van der Waals surface area contributed by atoms with Crippen LogP contribution in [0.5, 0.6) is 0 Å². The van der Waals surface area contributed by atoms with E-state index in [1.807, 2.05) is 44.2 Å². The van der Waals surface area contributed by atoms with E-state index in [1.165, 1.54) is 15.3 Å². The van der Waals surface area contributed by atoms with Crippen molar-refractivity contribution in [3.8, 4) is 0 Å². The maximum Gasteiger partial charge on any atom is 0.328 e. The Bertz CT molecular complexity index is 825. The molecule has 27 heavy (non-hydrogen) atoms. The van der Waals surface area contributed by atoms with Gasteiger partial charge in [0.15, 0.2) is 0 Å². The van der Waals surface area contributed by atoms with Gasteiger partial charge in [0.05, 0.1) is 13.1 Å². The number of nitrogens with zero attached hydrogens (tertiary/aromatic N) is 2. The van der Waals surface area contributed by atoms with Crippen molar-refractivity contribution in [2.75, 3.05) is 0 Å². The van der Waals surface area contributed by atoms with Gasteiger partial charge in [-0.25, -0.2) is 4.79 Å². The molecule has 2 rings (SSSR count). The minimum absolute atomic E-state index is 0.0859. The first-order chi connectivity index (χ1) is 12.8. The van der Waals surface area contributed by atoms with Gasteiger partial charge in [-0.3, -0.25) is 24.0 Å². The van der Waals surface area contributed by atoms with Crippen LogP contribution in [-0.4, -0.2) is 43.4 Å². The molecule has 0 aliphatic carbocycles. The number of benzene rings is 1. The third-order valence-corrected chi connectivity index (χ3v) is 4.20. The van der Waals surface area contributed by atoms with Gasteiger partial charge in [0, 0.05) is 12.4 Å². The van der Waals surface area contributed by atoms with Gasteiger partial charge in [-0.05, 0) is 17.9 Å². The molecule has 1 heterocycles. The highest BCUT2D eigenvalue weighted by Crippen LogP contribution is 2.07. The summed E-state index contributed by atoms with van der Waals surface area (Å²) in [6, 6.07) is 7.26. The van der Waals surface area contributed by atoms with E-state index >= 15 is 0 Å². The molecule has 0 fully saturated rings. The lowest BCUT2D eigenvalue weighted by molar-refractivity contribution is -0.143. The summed E-state index contributed by atoms with van der Waals surface area (Å²) >= 11 is 0. The SMILES string of the molecule is CC(C)C[C@H](N[C@@H](Cn1ccn(Cc2ccccc2)c1=O)C(=O)O)C(=O)O. The number of hydrogen-bond donors (Lipinski definition) is 3. The first kappa shape index (κ1) is 20.4. The number of imidazole rings is 1. The normalized spacial score (nSPS) is 13.4. The van der Waals surface area contributed by atoms with Crippen molar-refractivity contribution < 1.29 is 19.8 Å². The lowest BCUT2D eigenvalue weighted by atomic mass is 10.0. The second-order valence-corrected chi connectivity index (χ2v) is 6.92. The summed E-state index contributed by atoms with van der Waals surface area (Å²) in [5, 5.41) is 21.4. The number of carboxylic acids is 2. The predicted molar refractivity (Wildman–Crippen MR) is 99.7 cm³/mol. The Labute approximate surface area is 157 Å². The fourth-order valence-electron chi connectivity index (χ4n) is 2.85. The number of rotatable bonds is 10. The second kappa shape index (κ2) is 9.18. The van der Waals surface area contributed by atoms with E-state index in [2.05, 4.69) is 5.32 Å². The van der Waals surface area contributed by atoms with Crippen LogP contribution < -0.4 is 11.0 Å². The highest BCUT2D eigenvalue weighted by Gasteiger charge is 2.27. The maximum absolute atomic E-state index is 12.5. The standard InChI is InChI=1S/C19H25N3O5/c1-13(2)10-15(17(23)24)20-16(18(25)26)12-22-9-8-21(19(22)27)11-14-6-4-3-5-7-14/h3-9,13,15-16,20H,10-12H2,1-2H3,(H,23,24)(H,25,26)/t15-,16-/m0/s1. The number of aliphatic carboxylic acids is 2. The quantitative estimate of drug-likeness (QED) is 0.576. The summed E-state index contributed by atoms with van der Waals surface area (Å²) in [5.74, 6) is -2.22. The molecule has 0 saturated carbocycles. The zero-order valence-corrected chi connectivity index (χ0v) is 15.4. The fourth-order valence-corrected chi connectivity index (χ4v) is 2.85. The Morgan fingerprint density at radius 3 is 2.15 bits per heavy atom. The molecule has 8 heteroatoms. The molecule has 0 saturated heterocycles. The van der Waals surface area contributed by atoms with E-state index in [0.717, 1.165) is 5.56 Å². The van der Waals surface area contributed by atoms with Gasteiger partial charge >= 0.3 is 17.6 Å². The molecule has 0 amide bonds. The highest BCUT2D eigenvalue weighted by atomic mass is 16.4. The van der Waals surface area contributed by atoms with E-state index in [1.54, 1.807) is 6.20 Å². The highest BCUT2D eigenvalue weighted by molar-refractivity contribution is 5.77. The number of carboxylic acid groups (broad SMARTS) is 2. The van der Waals surface area contributed by atoms with E-state index in [4.69, 9.17) is 0 Å². The Kier molecular flexibility index (Phi) is 6.95. The summed E-state index contributed by atoms with van der Waals surface area (Å²) in [4.78, 5) is 35.5. The van der Waals surface area contributed by atoms with E-state index in [9.17, 15) is 24.6 Å². The molecule has 3 N–H and O–H groups in total. The summed E-state index contributed by atoms with van der Waals surface area (Å²) in [5.41, 5.74) is 0.607. The summed E-state index contributed by atoms with van der Waals surface area (Å²) < 4.78 is 2.76. The summed E-state index contributed by atoms with van der Waals surface area (Å²) in [7, 11) is 0. The zero-order valence-electron chi connectivity index (χ0n) is 15.4. The number of aromatic nitrogens is 2. The van der Waals surface area contributed by atoms with Crippen LogP contribution in [0.3, 0.4) is 0 Å². The van der Waals surface area contributed by atoms with Crippen LogP contribution in [0, 0.1) is 5.92 Å². The van der Waals surface area contributed by atoms with Crippen LogP contribution in [0.4, 0.5) is 0 Å². The second-order valence-electron chi connectivity index (χ2n) is 6.92. The van der Waals surface area contributed by atoms with Crippen molar-refractivity contribution in [3.63, 3.8) is 0 Å². The van der Waals surface area contributed by atoms with Crippen LogP contribution in [0.25, 0.3) is 0 Å². The number of nitrogens with one attached hydrogen (secondary N) is 1. The molecule has 0 aliphatic rings. The average molecular weight is 375 g/mol. The van der Waals surface area contributed by atoms with Crippen LogP contribution in [0.1, 0.15) is 25.8 Å². The molecular formula is C19H25N3O5. The van der Waals surface area contributed by atoms with Gasteiger partial charge in [-0.15, -0.1) is 0 Å². The third kappa shape index (κ3) is 5.82. The Balaban J connectivity index is 2.13. The molecule has 146 valence electrons. The molecule has 0 aliphatic heterocycles. The van der Waals surface area contributed by atoms with Gasteiger partial charge in [0.2, 0.25) is 0 Å². The topological polar surface area (TPSA) is 114 Å². The maximum atomic E-state index is 12.5. The molecular weight excluding hydrogens is 350 g/mol. The summed E-state index contributed by atoms with van der Waals surface area (Å²) in [6.07, 6.45) is 3.40. The molecule has 1 aromatic heterocycles. The third-order valence-electron chi connectivity index (χ3n) is 4.20. The van der Waals surface area contributed by atoms with Crippen molar-refractivity contribution in [2.24, 2.45) is 5.92 Å². The Morgan fingerprint density at radius 2 is 1.59 bits per heavy atom. The first-order valence-electron chi connectivity index (χ1n) is 8.79. The van der Waals surface area contributed by atoms with Gasteiger partial charge in [0.1, 0.15) is 12.1 Å². The average Bonchev–Trinajstić information content (AvgIpc) is 2.94. The Morgan fingerprint density at radius 1 is 1.00 bits per heavy atom.